The number of hydrogen-bond acceptors (Lipinski definition) is 4. The van der Waals surface area contributed by atoms with E-state index in [9.17, 15) is 4.79 Å². The van der Waals surface area contributed by atoms with Gasteiger partial charge in [0.15, 0.2) is 0 Å². The molecule has 1 heterocycles. The first-order valence-corrected chi connectivity index (χ1v) is 9.91. The lowest BCUT2D eigenvalue weighted by Gasteiger charge is -2.33. The Balaban J connectivity index is 1.81. The van der Waals surface area contributed by atoms with Gasteiger partial charge in [-0.3, -0.25) is 9.69 Å². The summed E-state index contributed by atoms with van der Waals surface area (Å²) in [4.78, 5) is 14.9. The Kier molecular flexibility index (Phi) is 7.91. The molecule has 0 aliphatic carbocycles. The Morgan fingerprint density at radius 2 is 2.00 bits per heavy atom. The number of rotatable bonds is 9. The summed E-state index contributed by atoms with van der Waals surface area (Å²) in [5.41, 5.74) is -0.0407. The van der Waals surface area contributed by atoms with Crippen LogP contribution in [0.3, 0.4) is 0 Å². The molecule has 0 unspecified atom stereocenters. The van der Waals surface area contributed by atoms with Gasteiger partial charge in [-0.2, -0.15) is 0 Å². The molecule has 26 heavy (non-hydrogen) atoms. The second kappa shape index (κ2) is 9.93. The maximum absolute atomic E-state index is 12.4. The molecule has 5 nitrogen and oxygen atoms in total. The normalized spacial score (nSPS) is 20.4. The Morgan fingerprint density at radius 1 is 1.27 bits per heavy atom. The number of piperidine rings is 1. The number of nitrogens with one attached hydrogen (secondary N) is 1. The SMILES string of the molecule is CCO[C@](C)(CC)C(=O)Nc1ccc(OCCN2CCCC[C@H]2C)cc1. The van der Waals surface area contributed by atoms with Crippen molar-refractivity contribution in [2.24, 2.45) is 0 Å². The molecule has 1 aromatic rings. The molecule has 0 bridgehead atoms. The van der Waals surface area contributed by atoms with Crippen molar-refractivity contribution >= 4 is 11.6 Å². The minimum Gasteiger partial charge on any atom is -0.492 e. The lowest BCUT2D eigenvalue weighted by molar-refractivity contribution is -0.139. The first kappa shape index (κ1) is 20.7. The molecule has 0 saturated carbocycles. The topological polar surface area (TPSA) is 50.8 Å². The molecule has 0 aromatic heterocycles. The van der Waals surface area contributed by atoms with Gasteiger partial charge in [-0.05, 0) is 70.8 Å². The van der Waals surface area contributed by atoms with Crippen molar-refractivity contribution in [2.45, 2.75) is 65.0 Å². The summed E-state index contributed by atoms with van der Waals surface area (Å²) in [6.07, 6.45) is 4.54. The third kappa shape index (κ3) is 5.71. The number of ether oxygens (including phenoxy) is 2. The molecular formula is C21H34N2O3. The van der Waals surface area contributed by atoms with Gasteiger partial charge in [-0.25, -0.2) is 0 Å². The number of benzene rings is 1. The zero-order valence-electron chi connectivity index (χ0n) is 16.7. The highest BCUT2D eigenvalue weighted by atomic mass is 16.5. The number of hydrogen-bond donors (Lipinski definition) is 1. The number of likely N-dealkylation sites (tertiary alicyclic amines) is 1. The fourth-order valence-corrected chi connectivity index (χ4v) is 3.32. The van der Waals surface area contributed by atoms with E-state index in [2.05, 4.69) is 17.1 Å². The van der Waals surface area contributed by atoms with Crippen LogP contribution < -0.4 is 10.1 Å². The molecule has 1 fully saturated rings. The predicted octanol–water partition coefficient (Wildman–Crippen LogP) is 4.08. The third-order valence-corrected chi connectivity index (χ3v) is 5.32. The standard InChI is InChI=1S/C21H34N2O3/c1-5-21(4,26-6-2)20(24)22-18-10-12-19(13-11-18)25-16-15-23-14-8-7-9-17(23)3/h10-13,17H,5-9,14-16H2,1-4H3,(H,22,24)/t17-,21-/m1/s1. The first-order valence-electron chi connectivity index (χ1n) is 9.91. The highest BCUT2D eigenvalue weighted by Crippen LogP contribution is 2.21. The van der Waals surface area contributed by atoms with E-state index in [4.69, 9.17) is 9.47 Å². The van der Waals surface area contributed by atoms with Crippen molar-refractivity contribution in [3.63, 3.8) is 0 Å². The second-order valence-corrected chi connectivity index (χ2v) is 7.23. The third-order valence-electron chi connectivity index (χ3n) is 5.32. The van der Waals surface area contributed by atoms with Crippen molar-refractivity contribution in [1.82, 2.24) is 4.90 Å². The van der Waals surface area contributed by atoms with Gasteiger partial charge in [0.1, 0.15) is 18.0 Å². The molecule has 146 valence electrons. The first-order chi connectivity index (χ1) is 12.5. The van der Waals surface area contributed by atoms with Gasteiger partial charge >= 0.3 is 0 Å². The molecular weight excluding hydrogens is 328 g/mol. The van der Waals surface area contributed by atoms with E-state index < -0.39 is 5.60 Å². The summed E-state index contributed by atoms with van der Waals surface area (Å²) in [6, 6.07) is 8.21. The fourth-order valence-electron chi connectivity index (χ4n) is 3.32. The lowest BCUT2D eigenvalue weighted by atomic mass is 10.0. The van der Waals surface area contributed by atoms with E-state index in [-0.39, 0.29) is 5.91 Å². The van der Waals surface area contributed by atoms with Crippen LogP contribution in [0.25, 0.3) is 0 Å². The number of anilines is 1. The van der Waals surface area contributed by atoms with Gasteiger partial charge in [0.2, 0.25) is 0 Å². The van der Waals surface area contributed by atoms with E-state index in [1.54, 1.807) is 0 Å². The van der Waals surface area contributed by atoms with E-state index in [1.165, 1.54) is 25.8 Å². The second-order valence-electron chi connectivity index (χ2n) is 7.23. The van der Waals surface area contributed by atoms with Crippen LogP contribution >= 0.6 is 0 Å². The summed E-state index contributed by atoms with van der Waals surface area (Å²) in [5, 5.41) is 2.93. The van der Waals surface area contributed by atoms with Crippen molar-refractivity contribution in [3.05, 3.63) is 24.3 Å². The molecule has 1 saturated heterocycles. The number of carbonyl (C=O) groups is 1. The minimum absolute atomic E-state index is 0.116. The monoisotopic (exact) mass is 362 g/mol. The number of nitrogens with zero attached hydrogens (tertiary/aromatic N) is 1. The molecule has 1 aliphatic rings. The highest BCUT2D eigenvalue weighted by molar-refractivity contribution is 5.97. The molecule has 0 radical (unpaired) electrons. The number of amides is 1. The maximum Gasteiger partial charge on any atom is 0.256 e. The lowest BCUT2D eigenvalue weighted by Crippen LogP contribution is -2.42. The zero-order chi connectivity index (χ0) is 19.0. The van der Waals surface area contributed by atoms with Crippen LogP contribution in [0, 0.1) is 0 Å². The van der Waals surface area contributed by atoms with Gasteiger partial charge in [0, 0.05) is 24.9 Å². The average Bonchev–Trinajstić information content (AvgIpc) is 2.64. The summed E-state index contributed by atoms with van der Waals surface area (Å²) in [6.45, 7) is 11.3. The van der Waals surface area contributed by atoms with Crippen LogP contribution in [0.2, 0.25) is 0 Å². The van der Waals surface area contributed by atoms with Crippen LogP contribution in [-0.4, -0.2) is 48.8 Å². The van der Waals surface area contributed by atoms with E-state index in [0.717, 1.165) is 18.0 Å². The molecule has 0 spiro atoms. The predicted molar refractivity (Wildman–Crippen MR) is 106 cm³/mol. The molecule has 2 rings (SSSR count). The smallest absolute Gasteiger partial charge is 0.256 e. The summed E-state index contributed by atoms with van der Waals surface area (Å²) >= 11 is 0. The van der Waals surface area contributed by atoms with Crippen molar-refractivity contribution in [1.29, 1.82) is 0 Å². The Hall–Kier alpha value is -1.59. The molecule has 1 aliphatic heterocycles. The van der Waals surface area contributed by atoms with E-state index in [0.29, 0.717) is 25.7 Å². The van der Waals surface area contributed by atoms with Crippen LogP contribution in [-0.2, 0) is 9.53 Å². The summed E-state index contributed by atoms with van der Waals surface area (Å²) in [7, 11) is 0. The van der Waals surface area contributed by atoms with Gasteiger partial charge < -0.3 is 14.8 Å². The quantitative estimate of drug-likeness (QED) is 0.719. The Bertz CT molecular complexity index is 561. The van der Waals surface area contributed by atoms with Crippen LogP contribution in [0.1, 0.15) is 53.4 Å². The molecule has 1 aromatic carbocycles. The van der Waals surface area contributed by atoms with Crippen LogP contribution in [0.15, 0.2) is 24.3 Å². The summed E-state index contributed by atoms with van der Waals surface area (Å²) < 4.78 is 11.5. The Morgan fingerprint density at radius 3 is 2.62 bits per heavy atom. The van der Waals surface area contributed by atoms with Crippen molar-refractivity contribution in [2.75, 3.05) is 31.6 Å². The Labute approximate surface area is 158 Å². The van der Waals surface area contributed by atoms with Crippen LogP contribution in [0.5, 0.6) is 5.75 Å². The largest absolute Gasteiger partial charge is 0.492 e. The maximum atomic E-state index is 12.4. The van der Waals surface area contributed by atoms with Crippen molar-refractivity contribution in [3.8, 4) is 5.75 Å². The van der Waals surface area contributed by atoms with Gasteiger partial charge in [-0.15, -0.1) is 0 Å². The van der Waals surface area contributed by atoms with Crippen molar-refractivity contribution < 1.29 is 14.3 Å². The van der Waals surface area contributed by atoms with Gasteiger partial charge in [0.25, 0.3) is 5.91 Å². The van der Waals surface area contributed by atoms with E-state index >= 15 is 0 Å². The average molecular weight is 363 g/mol. The van der Waals surface area contributed by atoms with Gasteiger partial charge in [0.05, 0.1) is 0 Å². The molecule has 2 atom stereocenters. The fraction of sp³-hybridized carbons (Fsp3) is 0.667. The van der Waals surface area contributed by atoms with Crippen LogP contribution in [0.4, 0.5) is 5.69 Å². The zero-order valence-corrected chi connectivity index (χ0v) is 16.7. The highest BCUT2D eigenvalue weighted by Gasteiger charge is 2.31. The minimum atomic E-state index is -0.797. The number of carbonyl (C=O) groups excluding carboxylic acids is 1. The molecule has 1 amide bonds. The summed E-state index contributed by atoms with van der Waals surface area (Å²) in [5.74, 6) is 0.713. The van der Waals surface area contributed by atoms with Gasteiger partial charge in [-0.1, -0.05) is 13.3 Å². The van der Waals surface area contributed by atoms with E-state index in [1.807, 2.05) is 45.0 Å². The molecule has 1 N–H and O–H groups in total. The molecule has 5 heteroatoms.